The van der Waals surface area contributed by atoms with Crippen LogP contribution in [0.4, 0.5) is 0 Å². The van der Waals surface area contributed by atoms with Crippen LogP contribution in [0.5, 0.6) is 0 Å². The van der Waals surface area contributed by atoms with Crippen LogP contribution in [0.25, 0.3) is 0 Å². The van der Waals surface area contributed by atoms with Crippen molar-refractivity contribution in [2.45, 2.75) is 67.3 Å². The number of rotatable bonds is 8. The first-order valence-corrected chi connectivity index (χ1v) is 9.22. The summed E-state index contributed by atoms with van der Waals surface area (Å²) in [6, 6.07) is 0. The Morgan fingerprint density at radius 1 is 1.00 bits per heavy atom. The van der Waals surface area contributed by atoms with E-state index in [4.69, 9.17) is 18.9 Å². The molecule has 0 aromatic heterocycles. The summed E-state index contributed by atoms with van der Waals surface area (Å²) in [5.41, 5.74) is 0. The SMILES string of the molecule is C=CC(=O)OCCC1(O)O[C@H](CO)[C@@H](O[C@@H]2O[C@H](CO)[C@H](O)[C@H](O)[C@H]2O)[C@H](O)[C@H]1O. The number of esters is 1. The van der Waals surface area contributed by atoms with Crippen LogP contribution in [0.3, 0.4) is 0 Å². The third-order valence-electron chi connectivity index (χ3n) is 5.04. The molecule has 0 bridgehead atoms. The molecule has 13 nitrogen and oxygen atoms in total. The van der Waals surface area contributed by atoms with Crippen molar-refractivity contribution in [1.29, 1.82) is 0 Å². The van der Waals surface area contributed by atoms with Crippen LogP contribution >= 0.6 is 0 Å². The lowest BCUT2D eigenvalue weighted by Gasteiger charge is -2.49. The van der Waals surface area contributed by atoms with Crippen molar-refractivity contribution in [3.63, 3.8) is 0 Å². The van der Waals surface area contributed by atoms with E-state index in [-0.39, 0.29) is 0 Å². The van der Waals surface area contributed by atoms with Crippen molar-refractivity contribution >= 4 is 5.97 Å². The second-order valence-corrected chi connectivity index (χ2v) is 7.04. The van der Waals surface area contributed by atoms with Gasteiger partial charge < -0.3 is 59.8 Å². The van der Waals surface area contributed by atoms with E-state index in [1.165, 1.54) is 0 Å². The second-order valence-electron chi connectivity index (χ2n) is 7.04. The van der Waals surface area contributed by atoms with Crippen molar-refractivity contribution < 1.29 is 64.6 Å². The van der Waals surface area contributed by atoms with Gasteiger partial charge in [-0.05, 0) is 0 Å². The second kappa shape index (κ2) is 10.4. The van der Waals surface area contributed by atoms with E-state index in [9.17, 15) is 45.6 Å². The zero-order valence-electron chi connectivity index (χ0n) is 15.9. The van der Waals surface area contributed by atoms with Gasteiger partial charge in [-0.3, -0.25) is 0 Å². The minimum absolute atomic E-state index is 0.401. The Hall–Kier alpha value is -1.23. The van der Waals surface area contributed by atoms with Crippen molar-refractivity contribution in [3.05, 3.63) is 12.7 Å². The first-order valence-electron chi connectivity index (χ1n) is 9.22. The molecule has 2 rings (SSSR count). The maximum absolute atomic E-state index is 11.1. The quantitative estimate of drug-likeness (QED) is 0.131. The number of carbonyl (C=O) groups excluding carboxylic acids is 1. The predicted molar refractivity (Wildman–Crippen MR) is 93.3 cm³/mol. The first-order chi connectivity index (χ1) is 14.1. The summed E-state index contributed by atoms with van der Waals surface area (Å²) >= 11 is 0. The monoisotopic (exact) mass is 440 g/mol. The lowest BCUT2D eigenvalue weighted by molar-refractivity contribution is -0.385. The highest BCUT2D eigenvalue weighted by molar-refractivity contribution is 5.81. The number of carbonyl (C=O) groups is 1. The molecule has 13 heteroatoms. The molecular weight excluding hydrogens is 412 g/mol. The minimum atomic E-state index is -2.41. The zero-order valence-corrected chi connectivity index (χ0v) is 15.9. The zero-order chi connectivity index (χ0) is 22.6. The van der Waals surface area contributed by atoms with E-state index >= 15 is 0 Å². The Kier molecular flexibility index (Phi) is 8.67. The molecule has 2 fully saturated rings. The third-order valence-corrected chi connectivity index (χ3v) is 5.04. The molecule has 2 heterocycles. The molecule has 0 saturated carbocycles. The molecule has 10 atom stereocenters. The Balaban J connectivity index is 2.11. The Labute approximate surface area is 171 Å². The van der Waals surface area contributed by atoms with Crippen molar-refractivity contribution in [2.24, 2.45) is 0 Å². The highest BCUT2D eigenvalue weighted by Gasteiger charge is 2.55. The fourth-order valence-corrected chi connectivity index (χ4v) is 3.27. The molecule has 0 aromatic carbocycles. The average molecular weight is 440 g/mol. The molecule has 0 aromatic rings. The fraction of sp³-hybridized carbons (Fsp3) is 0.824. The summed E-state index contributed by atoms with van der Waals surface area (Å²) in [5, 5.41) is 79.8. The lowest BCUT2D eigenvalue weighted by Crippen LogP contribution is -2.68. The van der Waals surface area contributed by atoms with Gasteiger partial charge in [-0.1, -0.05) is 6.58 Å². The summed E-state index contributed by atoms with van der Waals surface area (Å²) in [4.78, 5) is 11.1. The smallest absolute Gasteiger partial charge is 0.330 e. The summed E-state index contributed by atoms with van der Waals surface area (Å²) < 4.78 is 20.5. The topological polar surface area (TPSA) is 216 Å². The van der Waals surface area contributed by atoms with Crippen LogP contribution in [0, 0.1) is 0 Å². The summed E-state index contributed by atoms with van der Waals surface area (Å²) in [7, 11) is 0. The predicted octanol–water partition coefficient (Wildman–Crippen LogP) is -4.91. The Morgan fingerprint density at radius 3 is 2.20 bits per heavy atom. The van der Waals surface area contributed by atoms with Gasteiger partial charge in [-0.15, -0.1) is 0 Å². The molecule has 8 N–H and O–H groups in total. The van der Waals surface area contributed by atoms with E-state index in [1.54, 1.807) is 0 Å². The van der Waals surface area contributed by atoms with Gasteiger partial charge in [0.25, 0.3) is 0 Å². The van der Waals surface area contributed by atoms with E-state index in [0.717, 1.165) is 6.08 Å². The Bertz CT molecular complexity index is 584. The molecule has 2 aliphatic heterocycles. The number of hydrogen-bond acceptors (Lipinski definition) is 13. The number of aliphatic hydroxyl groups is 8. The van der Waals surface area contributed by atoms with Gasteiger partial charge in [0.15, 0.2) is 12.1 Å². The molecular formula is C17H28O13. The average Bonchev–Trinajstić information content (AvgIpc) is 2.73. The minimum Gasteiger partial charge on any atom is -0.462 e. The van der Waals surface area contributed by atoms with Gasteiger partial charge in [0, 0.05) is 12.5 Å². The molecule has 2 aliphatic rings. The van der Waals surface area contributed by atoms with E-state index < -0.39 is 93.1 Å². The first kappa shape index (κ1) is 25.0. The Morgan fingerprint density at radius 2 is 1.63 bits per heavy atom. The van der Waals surface area contributed by atoms with E-state index in [2.05, 4.69) is 6.58 Å². The number of aliphatic hydroxyl groups excluding tert-OH is 7. The summed E-state index contributed by atoms with van der Waals surface area (Å²) in [6.07, 6.45) is -14.6. The number of hydrogen-bond donors (Lipinski definition) is 8. The lowest BCUT2D eigenvalue weighted by atomic mass is 9.90. The molecule has 0 amide bonds. The normalized spacial score (nSPS) is 44.5. The van der Waals surface area contributed by atoms with Gasteiger partial charge in [0.05, 0.1) is 19.8 Å². The maximum atomic E-state index is 11.1. The summed E-state index contributed by atoms with van der Waals surface area (Å²) in [5.74, 6) is -3.20. The van der Waals surface area contributed by atoms with Crippen LogP contribution in [0.1, 0.15) is 6.42 Å². The fourth-order valence-electron chi connectivity index (χ4n) is 3.27. The molecule has 174 valence electrons. The third kappa shape index (κ3) is 5.15. The van der Waals surface area contributed by atoms with Crippen molar-refractivity contribution in [3.8, 4) is 0 Å². The van der Waals surface area contributed by atoms with Crippen LogP contribution in [0.15, 0.2) is 12.7 Å². The van der Waals surface area contributed by atoms with E-state index in [0.29, 0.717) is 0 Å². The van der Waals surface area contributed by atoms with E-state index in [1.807, 2.05) is 0 Å². The highest BCUT2D eigenvalue weighted by Crippen LogP contribution is 2.34. The van der Waals surface area contributed by atoms with Crippen LogP contribution in [0.2, 0.25) is 0 Å². The van der Waals surface area contributed by atoms with Crippen LogP contribution in [-0.4, -0.2) is 128 Å². The molecule has 30 heavy (non-hydrogen) atoms. The highest BCUT2D eigenvalue weighted by atomic mass is 16.7. The van der Waals surface area contributed by atoms with Crippen LogP contribution < -0.4 is 0 Å². The van der Waals surface area contributed by atoms with Crippen molar-refractivity contribution in [1.82, 2.24) is 0 Å². The molecule has 0 radical (unpaired) electrons. The van der Waals surface area contributed by atoms with Gasteiger partial charge in [-0.25, -0.2) is 4.79 Å². The van der Waals surface area contributed by atoms with Gasteiger partial charge >= 0.3 is 5.97 Å². The largest absolute Gasteiger partial charge is 0.462 e. The van der Waals surface area contributed by atoms with Gasteiger partial charge in [0.2, 0.25) is 0 Å². The standard InChI is InChI=1S/C17H28O13/c1-2-9(20)27-4-3-17(26)15(25)13(24)14(8(6-19)30-17)29-16-12(23)11(22)10(21)7(5-18)28-16/h2,7-8,10-16,18-19,21-26H,1,3-6H2/t7-,8-,10+,11+,12-,13+,14-,15-,16+,17?/m1/s1. The number of ether oxygens (including phenoxy) is 4. The maximum Gasteiger partial charge on any atom is 0.330 e. The summed E-state index contributed by atoms with van der Waals surface area (Å²) in [6.45, 7) is 1.28. The van der Waals surface area contributed by atoms with Gasteiger partial charge in [-0.2, -0.15) is 0 Å². The molecule has 0 aliphatic carbocycles. The molecule has 2 saturated heterocycles. The van der Waals surface area contributed by atoms with Crippen LogP contribution in [-0.2, 0) is 23.7 Å². The molecule has 0 spiro atoms. The molecule has 1 unspecified atom stereocenters. The van der Waals surface area contributed by atoms with Gasteiger partial charge in [0.1, 0.15) is 48.8 Å². The van der Waals surface area contributed by atoms with Crippen molar-refractivity contribution in [2.75, 3.05) is 19.8 Å².